The third-order valence-electron chi connectivity index (χ3n) is 3.33. The van der Waals surface area contributed by atoms with Gasteiger partial charge in [-0.3, -0.25) is 0 Å². The van der Waals surface area contributed by atoms with Crippen LogP contribution in [0.1, 0.15) is 38.4 Å². The lowest BCUT2D eigenvalue weighted by Crippen LogP contribution is -2.08. The van der Waals surface area contributed by atoms with E-state index < -0.39 is 0 Å². The third kappa shape index (κ3) is 2.52. The van der Waals surface area contributed by atoms with Crippen molar-refractivity contribution in [3.05, 3.63) is 29.0 Å². The van der Waals surface area contributed by atoms with Crippen molar-refractivity contribution in [2.75, 3.05) is 6.61 Å². The molecular formula is C14H19ClN2O. The average Bonchev–Trinajstić information content (AvgIpc) is 2.73. The number of halogens is 1. The quantitative estimate of drug-likeness (QED) is 0.898. The first kappa shape index (κ1) is 13.4. The monoisotopic (exact) mass is 266 g/mol. The number of rotatable bonds is 5. The Morgan fingerprint density at radius 1 is 1.44 bits per heavy atom. The van der Waals surface area contributed by atoms with Crippen LogP contribution in [0.2, 0.25) is 5.02 Å². The highest BCUT2D eigenvalue weighted by Crippen LogP contribution is 2.26. The van der Waals surface area contributed by atoms with Crippen LogP contribution in [-0.4, -0.2) is 21.3 Å². The van der Waals surface area contributed by atoms with Crippen molar-refractivity contribution in [3.63, 3.8) is 0 Å². The number of hydrogen-bond acceptors (Lipinski definition) is 2. The van der Waals surface area contributed by atoms with Gasteiger partial charge in [0, 0.05) is 24.1 Å². The van der Waals surface area contributed by atoms with E-state index in [2.05, 4.69) is 18.4 Å². The molecular weight excluding hydrogens is 248 g/mol. The fourth-order valence-electron chi connectivity index (χ4n) is 2.14. The number of benzene rings is 1. The lowest BCUT2D eigenvalue weighted by atomic mass is 10.1. The van der Waals surface area contributed by atoms with Crippen LogP contribution in [0.15, 0.2) is 18.2 Å². The molecule has 1 unspecified atom stereocenters. The number of fused-ring (bicyclic) bond motifs is 1. The minimum absolute atomic E-state index is 0.195. The summed E-state index contributed by atoms with van der Waals surface area (Å²) in [5, 5.41) is 9.74. The topological polar surface area (TPSA) is 38.0 Å². The van der Waals surface area contributed by atoms with E-state index in [0.29, 0.717) is 5.92 Å². The van der Waals surface area contributed by atoms with Gasteiger partial charge in [0.15, 0.2) is 0 Å². The summed E-state index contributed by atoms with van der Waals surface area (Å²) in [6.45, 7) is 5.32. The van der Waals surface area contributed by atoms with Gasteiger partial charge in [-0.2, -0.15) is 0 Å². The Morgan fingerprint density at radius 3 is 2.89 bits per heavy atom. The van der Waals surface area contributed by atoms with Gasteiger partial charge in [-0.1, -0.05) is 25.4 Å². The molecule has 4 heteroatoms. The highest BCUT2D eigenvalue weighted by atomic mass is 35.5. The number of imidazole rings is 1. The van der Waals surface area contributed by atoms with Crippen molar-refractivity contribution < 1.29 is 5.11 Å². The average molecular weight is 267 g/mol. The molecule has 0 aliphatic rings. The molecule has 0 saturated heterocycles. The van der Waals surface area contributed by atoms with Gasteiger partial charge in [0.2, 0.25) is 0 Å². The summed E-state index contributed by atoms with van der Waals surface area (Å²) in [6.07, 6.45) is 1.79. The van der Waals surface area contributed by atoms with Crippen molar-refractivity contribution in [2.45, 2.75) is 39.2 Å². The van der Waals surface area contributed by atoms with Crippen molar-refractivity contribution in [1.82, 2.24) is 9.55 Å². The normalized spacial score (nSPS) is 13.1. The van der Waals surface area contributed by atoms with Crippen LogP contribution < -0.4 is 0 Å². The number of hydrogen-bond donors (Lipinski definition) is 1. The summed E-state index contributed by atoms with van der Waals surface area (Å²) in [4.78, 5) is 4.70. The van der Waals surface area contributed by atoms with Crippen molar-refractivity contribution in [3.8, 4) is 0 Å². The Bertz CT molecular complexity index is 536. The molecule has 2 rings (SSSR count). The molecule has 1 N–H and O–H groups in total. The van der Waals surface area contributed by atoms with E-state index in [-0.39, 0.29) is 6.61 Å². The zero-order valence-electron chi connectivity index (χ0n) is 10.9. The van der Waals surface area contributed by atoms with Gasteiger partial charge >= 0.3 is 0 Å². The van der Waals surface area contributed by atoms with Crippen LogP contribution in [0.5, 0.6) is 0 Å². The molecule has 0 fully saturated rings. The van der Waals surface area contributed by atoms with Gasteiger partial charge in [-0.05, 0) is 31.0 Å². The molecule has 18 heavy (non-hydrogen) atoms. The minimum atomic E-state index is 0.195. The molecule has 0 radical (unpaired) electrons. The first-order valence-electron chi connectivity index (χ1n) is 6.44. The van der Waals surface area contributed by atoms with Gasteiger partial charge in [0.25, 0.3) is 0 Å². The van der Waals surface area contributed by atoms with Gasteiger partial charge in [0.1, 0.15) is 5.82 Å². The van der Waals surface area contributed by atoms with E-state index in [9.17, 15) is 0 Å². The minimum Gasteiger partial charge on any atom is -0.396 e. The van der Waals surface area contributed by atoms with E-state index in [4.69, 9.17) is 21.7 Å². The maximum atomic E-state index is 9.02. The molecule has 0 bridgehead atoms. The second kappa shape index (κ2) is 5.72. The fraction of sp³-hybridized carbons (Fsp3) is 0.500. The molecule has 1 aromatic heterocycles. The molecule has 0 saturated carbocycles. The molecule has 0 aliphatic heterocycles. The van der Waals surface area contributed by atoms with E-state index >= 15 is 0 Å². The van der Waals surface area contributed by atoms with Gasteiger partial charge in [0.05, 0.1) is 11.0 Å². The Kier molecular flexibility index (Phi) is 4.25. The number of aryl methyl sites for hydroxylation is 1. The number of aromatic nitrogens is 2. The lowest BCUT2D eigenvalue weighted by Gasteiger charge is -2.12. The number of nitrogens with zero attached hydrogens (tertiary/aromatic N) is 2. The van der Waals surface area contributed by atoms with Gasteiger partial charge in [-0.15, -0.1) is 0 Å². The Balaban J connectivity index is 2.54. The summed E-state index contributed by atoms with van der Waals surface area (Å²) >= 11 is 6.06. The summed E-state index contributed by atoms with van der Waals surface area (Å²) in [6, 6.07) is 5.78. The van der Waals surface area contributed by atoms with Gasteiger partial charge < -0.3 is 9.67 Å². The lowest BCUT2D eigenvalue weighted by molar-refractivity contribution is 0.279. The molecule has 1 heterocycles. The molecule has 3 nitrogen and oxygen atoms in total. The van der Waals surface area contributed by atoms with Crippen LogP contribution in [0.4, 0.5) is 0 Å². The van der Waals surface area contributed by atoms with Crippen molar-refractivity contribution >= 4 is 22.6 Å². The maximum Gasteiger partial charge on any atom is 0.112 e. The molecule has 0 amide bonds. The van der Waals surface area contributed by atoms with Crippen molar-refractivity contribution in [2.24, 2.45) is 0 Å². The predicted octanol–water partition coefficient (Wildman–Crippen LogP) is 3.59. The zero-order valence-corrected chi connectivity index (χ0v) is 11.6. The largest absolute Gasteiger partial charge is 0.396 e. The number of aliphatic hydroxyl groups excluding tert-OH is 1. The fourth-order valence-corrected chi connectivity index (χ4v) is 2.30. The SMILES string of the molecule is CCC(C)c1nc2ccc(Cl)cc2n1CCCO. The Hall–Kier alpha value is -1.06. The van der Waals surface area contributed by atoms with E-state index in [1.165, 1.54) is 0 Å². The Labute approximate surface area is 112 Å². The van der Waals surface area contributed by atoms with E-state index in [1.54, 1.807) is 0 Å². The van der Waals surface area contributed by atoms with E-state index in [1.807, 2.05) is 18.2 Å². The number of aliphatic hydroxyl groups is 1. The summed E-state index contributed by atoms with van der Waals surface area (Å²) in [7, 11) is 0. The maximum absolute atomic E-state index is 9.02. The first-order chi connectivity index (χ1) is 8.67. The second-order valence-corrected chi connectivity index (χ2v) is 5.08. The molecule has 0 spiro atoms. The van der Waals surface area contributed by atoms with Crippen LogP contribution in [0, 0.1) is 0 Å². The van der Waals surface area contributed by atoms with Crippen LogP contribution in [0.25, 0.3) is 11.0 Å². The zero-order chi connectivity index (χ0) is 13.1. The van der Waals surface area contributed by atoms with Crippen molar-refractivity contribution in [1.29, 1.82) is 0 Å². The van der Waals surface area contributed by atoms with Crippen LogP contribution >= 0.6 is 11.6 Å². The predicted molar refractivity (Wildman–Crippen MR) is 75.2 cm³/mol. The summed E-state index contributed by atoms with van der Waals surface area (Å²) in [5.41, 5.74) is 2.04. The third-order valence-corrected chi connectivity index (χ3v) is 3.57. The highest BCUT2D eigenvalue weighted by Gasteiger charge is 2.15. The molecule has 1 atom stereocenters. The highest BCUT2D eigenvalue weighted by molar-refractivity contribution is 6.31. The van der Waals surface area contributed by atoms with Crippen LogP contribution in [0.3, 0.4) is 0 Å². The smallest absolute Gasteiger partial charge is 0.112 e. The molecule has 0 aliphatic carbocycles. The van der Waals surface area contributed by atoms with Gasteiger partial charge in [-0.25, -0.2) is 4.98 Å². The molecule has 98 valence electrons. The van der Waals surface area contributed by atoms with E-state index in [0.717, 1.165) is 41.3 Å². The summed E-state index contributed by atoms with van der Waals surface area (Å²) in [5.74, 6) is 1.50. The standard InChI is InChI=1S/C14H19ClN2O/c1-3-10(2)14-16-12-6-5-11(15)9-13(12)17(14)7-4-8-18/h5-6,9-10,18H,3-4,7-8H2,1-2H3. The van der Waals surface area contributed by atoms with Crippen LogP contribution in [-0.2, 0) is 6.54 Å². The second-order valence-electron chi connectivity index (χ2n) is 4.64. The first-order valence-corrected chi connectivity index (χ1v) is 6.81. The Morgan fingerprint density at radius 2 is 2.22 bits per heavy atom. The summed E-state index contributed by atoms with van der Waals surface area (Å²) < 4.78 is 2.19. The molecule has 1 aromatic carbocycles. The molecule has 2 aromatic rings.